The van der Waals surface area contributed by atoms with Gasteiger partial charge in [-0.25, -0.2) is 0 Å². The normalized spacial score (nSPS) is 12.5. The number of benzene rings is 1. The quantitative estimate of drug-likeness (QED) is 0.849. The van der Waals surface area contributed by atoms with E-state index in [1.165, 1.54) is 0 Å². The molecule has 0 fully saturated rings. The van der Waals surface area contributed by atoms with E-state index in [0.717, 1.165) is 23.9 Å². The van der Waals surface area contributed by atoms with Crippen LogP contribution in [0.25, 0.3) is 11.0 Å². The first-order valence-electron chi connectivity index (χ1n) is 6.34. The van der Waals surface area contributed by atoms with Crippen LogP contribution in [-0.4, -0.2) is 23.3 Å². The Kier molecular flexibility index (Phi) is 4.35. The minimum absolute atomic E-state index is 0.199. The average Bonchev–Trinajstić information content (AvgIpc) is 2.73. The van der Waals surface area contributed by atoms with Crippen molar-refractivity contribution in [3.63, 3.8) is 0 Å². The van der Waals surface area contributed by atoms with Crippen molar-refractivity contribution < 1.29 is 4.74 Å². The summed E-state index contributed by atoms with van der Waals surface area (Å²) in [4.78, 5) is 3.19. The number of aromatic amines is 1. The van der Waals surface area contributed by atoms with E-state index < -0.39 is 0 Å². The number of nitriles is 1. The average molecular weight is 275 g/mol. The highest BCUT2D eigenvalue weighted by molar-refractivity contribution is 7.71. The molecule has 1 N–H and O–H groups in total. The van der Waals surface area contributed by atoms with Crippen LogP contribution in [0.3, 0.4) is 0 Å². The van der Waals surface area contributed by atoms with Gasteiger partial charge in [-0.3, -0.25) is 0 Å². The molecule has 0 aliphatic carbocycles. The first-order chi connectivity index (χ1) is 9.21. The van der Waals surface area contributed by atoms with E-state index in [0.29, 0.717) is 16.9 Å². The van der Waals surface area contributed by atoms with Gasteiger partial charge >= 0.3 is 0 Å². The van der Waals surface area contributed by atoms with Crippen molar-refractivity contribution in [2.24, 2.45) is 0 Å². The first-order valence-corrected chi connectivity index (χ1v) is 6.75. The first kappa shape index (κ1) is 13.8. The Balaban J connectivity index is 2.59. The number of nitrogens with zero attached hydrogens (tertiary/aromatic N) is 2. The SMILES string of the molecule is CCCC(COC)n1c(=S)[nH]c2ccc(C#N)cc21. The number of H-pyrrole nitrogens is 1. The van der Waals surface area contributed by atoms with Crippen molar-refractivity contribution in [2.45, 2.75) is 25.8 Å². The molecule has 4 nitrogen and oxygen atoms in total. The number of methoxy groups -OCH3 is 1. The second-order valence-corrected chi connectivity index (χ2v) is 4.93. The number of aromatic nitrogens is 2. The van der Waals surface area contributed by atoms with Crippen molar-refractivity contribution in [3.05, 3.63) is 28.5 Å². The molecule has 0 amide bonds. The van der Waals surface area contributed by atoms with E-state index in [2.05, 4.69) is 22.5 Å². The smallest absolute Gasteiger partial charge is 0.178 e. The molecule has 0 saturated heterocycles. The molecule has 1 unspecified atom stereocenters. The van der Waals surface area contributed by atoms with Gasteiger partial charge in [-0.2, -0.15) is 5.26 Å². The highest BCUT2D eigenvalue weighted by Gasteiger charge is 2.15. The number of imidazole rings is 1. The van der Waals surface area contributed by atoms with Gasteiger partial charge in [-0.05, 0) is 36.8 Å². The standard InChI is InChI=1S/C14H17N3OS/c1-3-4-11(9-18-2)17-13-7-10(8-15)5-6-12(13)16-14(17)19/h5-7,11H,3-4,9H2,1-2H3,(H,16,19). The summed E-state index contributed by atoms with van der Waals surface area (Å²) in [6, 6.07) is 7.93. The van der Waals surface area contributed by atoms with E-state index >= 15 is 0 Å². The summed E-state index contributed by atoms with van der Waals surface area (Å²) < 4.78 is 8.04. The largest absolute Gasteiger partial charge is 0.383 e. The maximum atomic E-state index is 9.02. The van der Waals surface area contributed by atoms with Gasteiger partial charge in [0.15, 0.2) is 4.77 Å². The summed E-state index contributed by atoms with van der Waals surface area (Å²) in [5, 5.41) is 9.02. The highest BCUT2D eigenvalue weighted by Crippen LogP contribution is 2.23. The molecule has 2 rings (SSSR count). The summed E-state index contributed by atoms with van der Waals surface area (Å²) in [6.45, 7) is 2.76. The van der Waals surface area contributed by atoms with Gasteiger partial charge < -0.3 is 14.3 Å². The Morgan fingerprint density at radius 2 is 2.32 bits per heavy atom. The minimum atomic E-state index is 0.199. The second kappa shape index (κ2) is 6.00. The predicted octanol–water partition coefficient (Wildman–Crippen LogP) is 3.56. The molecule has 0 aliphatic heterocycles. The van der Waals surface area contributed by atoms with Gasteiger partial charge in [0.25, 0.3) is 0 Å². The zero-order valence-electron chi connectivity index (χ0n) is 11.1. The van der Waals surface area contributed by atoms with Crippen molar-refractivity contribution in [1.82, 2.24) is 9.55 Å². The van der Waals surface area contributed by atoms with Crippen LogP contribution >= 0.6 is 12.2 Å². The number of hydrogen-bond acceptors (Lipinski definition) is 3. The predicted molar refractivity (Wildman–Crippen MR) is 77.7 cm³/mol. The molecule has 19 heavy (non-hydrogen) atoms. The third-order valence-electron chi connectivity index (χ3n) is 3.19. The lowest BCUT2D eigenvalue weighted by Crippen LogP contribution is -2.14. The van der Waals surface area contributed by atoms with E-state index in [1.54, 1.807) is 13.2 Å². The Labute approximate surface area is 117 Å². The molecule has 2 aromatic rings. The molecule has 5 heteroatoms. The van der Waals surface area contributed by atoms with Crippen LogP contribution in [0.5, 0.6) is 0 Å². The van der Waals surface area contributed by atoms with Gasteiger partial charge in [-0.1, -0.05) is 13.3 Å². The number of nitrogens with one attached hydrogen (secondary N) is 1. The summed E-state index contributed by atoms with van der Waals surface area (Å²) in [6.07, 6.45) is 2.05. The van der Waals surface area contributed by atoms with Gasteiger partial charge in [0.05, 0.1) is 35.3 Å². The summed E-state index contributed by atoms with van der Waals surface area (Å²) in [5.41, 5.74) is 2.57. The van der Waals surface area contributed by atoms with Crippen molar-refractivity contribution in [1.29, 1.82) is 5.26 Å². The lowest BCUT2D eigenvalue weighted by atomic mass is 10.1. The fourth-order valence-corrected chi connectivity index (χ4v) is 2.72. The molecule has 1 atom stereocenters. The van der Waals surface area contributed by atoms with Crippen molar-refractivity contribution in [2.75, 3.05) is 13.7 Å². The summed E-state index contributed by atoms with van der Waals surface area (Å²) in [7, 11) is 1.70. The van der Waals surface area contributed by atoms with Crippen LogP contribution in [0, 0.1) is 16.1 Å². The third-order valence-corrected chi connectivity index (χ3v) is 3.49. The fraction of sp³-hybridized carbons (Fsp3) is 0.429. The van der Waals surface area contributed by atoms with E-state index in [9.17, 15) is 0 Å². The Morgan fingerprint density at radius 3 is 2.95 bits per heavy atom. The molecule has 1 heterocycles. The number of hydrogen-bond donors (Lipinski definition) is 1. The molecule has 100 valence electrons. The van der Waals surface area contributed by atoms with Gasteiger partial charge in [0.2, 0.25) is 0 Å². The minimum Gasteiger partial charge on any atom is -0.383 e. The zero-order chi connectivity index (χ0) is 13.8. The number of ether oxygens (including phenoxy) is 1. The van der Waals surface area contributed by atoms with Crippen LogP contribution in [-0.2, 0) is 4.74 Å². The molecule has 0 spiro atoms. The Bertz CT molecular complexity index is 659. The van der Waals surface area contributed by atoms with Crippen molar-refractivity contribution in [3.8, 4) is 6.07 Å². The lowest BCUT2D eigenvalue weighted by Gasteiger charge is -2.18. The van der Waals surface area contributed by atoms with Gasteiger partial charge in [0.1, 0.15) is 0 Å². The monoisotopic (exact) mass is 275 g/mol. The molecule has 0 bridgehead atoms. The molecule has 0 saturated carbocycles. The van der Waals surface area contributed by atoms with Crippen molar-refractivity contribution >= 4 is 23.3 Å². The van der Waals surface area contributed by atoms with Crippen LogP contribution < -0.4 is 0 Å². The second-order valence-electron chi connectivity index (χ2n) is 4.54. The zero-order valence-corrected chi connectivity index (χ0v) is 12.0. The molecule has 1 aromatic heterocycles. The highest BCUT2D eigenvalue weighted by atomic mass is 32.1. The van der Waals surface area contributed by atoms with E-state index in [1.807, 2.05) is 12.1 Å². The van der Waals surface area contributed by atoms with Crippen LogP contribution in [0.15, 0.2) is 18.2 Å². The van der Waals surface area contributed by atoms with E-state index in [-0.39, 0.29) is 6.04 Å². The maximum absolute atomic E-state index is 9.02. The van der Waals surface area contributed by atoms with Gasteiger partial charge in [0, 0.05) is 7.11 Å². The summed E-state index contributed by atoms with van der Waals surface area (Å²) in [5.74, 6) is 0. The van der Waals surface area contributed by atoms with Gasteiger partial charge in [-0.15, -0.1) is 0 Å². The van der Waals surface area contributed by atoms with Crippen LogP contribution in [0.4, 0.5) is 0 Å². The summed E-state index contributed by atoms with van der Waals surface area (Å²) >= 11 is 5.41. The van der Waals surface area contributed by atoms with E-state index in [4.69, 9.17) is 22.2 Å². The third kappa shape index (κ3) is 2.70. The molecular formula is C14H17N3OS. The fourth-order valence-electron chi connectivity index (χ4n) is 2.37. The van der Waals surface area contributed by atoms with Crippen LogP contribution in [0.1, 0.15) is 31.4 Å². The molecule has 1 aromatic carbocycles. The lowest BCUT2D eigenvalue weighted by molar-refractivity contribution is 0.151. The number of fused-ring (bicyclic) bond motifs is 1. The molecular weight excluding hydrogens is 258 g/mol. The Morgan fingerprint density at radius 1 is 1.53 bits per heavy atom. The Hall–Kier alpha value is -1.64. The number of rotatable bonds is 5. The molecule has 0 aliphatic rings. The molecule has 0 radical (unpaired) electrons. The van der Waals surface area contributed by atoms with Crippen LogP contribution in [0.2, 0.25) is 0 Å². The maximum Gasteiger partial charge on any atom is 0.178 e. The topological polar surface area (TPSA) is 53.7 Å².